The maximum atomic E-state index is 11.2. The molecule has 1 atom stereocenters. The molecule has 0 heterocycles. The van der Waals surface area contributed by atoms with Gasteiger partial charge in [-0.1, -0.05) is 13.3 Å². The van der Waals surface area contributed by atoms with Crippen LogP contribution in [0.25, 0.3) is 0 Å². The molecule has 0 saturated heterocycles. The fraction of sp³-hybridized carbons (Fsp3) is 1.00. The molecule has 16 heavy (non-hydrogen) atoms. The van der Waals surface area contributed by atoms with Crippen LogP contribution in [0, 0.1) is 0 Å². The molecule has 0 radical (unpaired) electrons. The van der Waals surface area contributed by atoms with Gasteiger partial charge in [0.05, 0.1) is 5.75 Å². The van der Waals surface area contributed by atoms with Gasteiger partial charge in [0.25, 0.3) is 10.1 Å². The Bertz CT molecular complexity index is 253. The molecule has 0 aliphatic carbocycles. The molecule has 0 fully saturated rings. The van der Waals surface area contributed by atoms with Crippen LogP contribution in [-0.2, 0) is 14.3 Å². The van der Waals surface area contributed by atoms with E-state index in [0.29, 0.717) is 19.4 Å². The number of unbranched alkanes of at least 4 members (excludes halogenated alkanes) is 2. The molecule has 0 aromatic carbocycles. The van der Waals surface area contributed by atoms with Gasteiger partial charge in [-0.15, -0.1) is 0 Å². The summed E-state index contributed by atoms with van der Waals surface area (Å²) in [5.74, 6) is 0.0312. The molecule has 0 saturated carbocycles. The molecule has 0 aliphatic heterocycles. The van der Waals surface area contributed by atoms with Crippen molar-refractivity contribution in [2.75, 3.05) is 12.3 Å². The number of nitrogens with two attached hydrogens (primary N) is 2. The first kappa shape index (κ1) is 19.2. The van der Waals surface area contributed by atoms with E-state index >= 15 is 0 Å². The van der Waals surface area contributed by atoms with Crippen LogP contribution in [-0.4, -0.2) is 26.9 Å². The van der Waals surface area contributed by atoms with Crippen LogP contribution in [0.4, 0.5) is 0 Å². The molecule has 0 aromatic heterocycles. The van der Waals surface area contributed by atoms with E-state index in [9.17, 15) is 8.42 Å². The molecule has 5 nitrogen and oxygen atoms in total. The predicted molar refractivity (Wildman–Crippen MR) is 61.8 cm³/mol. The van der Waals surface area contributed by atoms with E-state index in [1.54, 1.807) is 6.92 Å². The molecule has 0 rings (SSSR count). The van der Waals surface area contributed by atoms with Crippen LogP contribution in [0.5, 0.6) is 0 Å². The quantitative estimate of drug-likeness (QED) is 0.210. The molecule has 0 bridgehead atoms. The smallest absolute Gasteiger partial charge is 1.00 e. The summed E-state index contributed by atoms with van der Waals surface area (Å²) in [6.07, 6.45) is 3.14. The average molecular weight is 262 g/mol. The SMILES string of the molecule is CCCS(=O)(=O)OC(N)CCCCCN.[H-].[Na+]. The zero-order chi connectivity index (χ0) is 11.7. The molecule has 0 aromatic rings. The van der Waals surface area contributed by atoms with Gasteiger partial charge in [-0.2, -0.15) is 8.42 Å². The summed E-state index contributed by atoms with van der Waals surface area (Å²) in [6.45, 7) is 2.44. The summed E-state index contributed by atoms with van der Waals surface area (Å²) >= 11 is 0. The molecule has 94 valence electrons. The zero-order valence-corrected chi connectivity index (χ0v) is 13.1. The number of hydrogen-bond donors (Lipinski definition) is 2. The van der Waals surface area contributed by atoms with Crippen molar-refractivity contribution in [3.8, 4) is 0 Å². The Kier molecular flexibility index (Phi) is 13.1. The predicted octanol–water partition coefficient (Wildman–Crippen LogP) is -2.34. The molecular formula is C9H23N2NaO3S. The maximum Gasteiger partial charge on any atom is 1.00 e. The van der Waals surface area contributed by atoms with E-state index in [4.69, 9.17) is 15.7 Å². The van der Waals surface area contributed by atoms with E-state index in [2.05, 4.69) is 0 Å². The topological polar surface area (TPSA) is 95.4 Å². The van der Waals surface area contributed by atoms with E-state index < -0.39 is 16.3 Å². The summed E-state index contributed by atoms with van der Waals surface area (Å²) in [6, 6.07) is 0. The molecular weight excluding hydrogens is 239 g/mol. The standard InChI is InChI=1S/C9H22N2O3S.Na.H/c1-2-8-15(12,13)14-9(11)6-4-3-5-7-10;;/h9H,2-8,10-11H2,1H3;;/q;+1;-1. The third-order valence-corrected chi connectivity index (χ3v) is 3.37. The van der Waals surface area contributed by atoms with Crippen LogP contribution in [0.15, 0.2) is 0 Å². The molecule has 4 N–H and O–H groups in total. The Hall–Kier alpha value is 0.830. The van der Waals surface area contributed by atoms with Gasteiger partial charge in [0.1, 0.15) is 6.23 Å². The van der Waals surface area contributed by atoms with E-state index in [-0.39, 0.29) is 36.7 Å². The minimum absolute atomic E-state index is 0. The van der Waals surface area contributed by atoms with Crippen molar-refractivity contribution in [1.29, 1.82) is 0 Å². The van der Waals surface area contributed by atoms with Gasteiger partial charge in [-0.25, -0.2) is 0 Å². The van der Waals surface area contributed by atoms with Crippen molar-refractivity contribution < 1.29 is 43.6 Å². The fourth-order valence-electron chi connectivity index (χ4n) is 1.20. The van der Waals surface area contributed by atoms with Gasteiger partial charge in [0.2, 0.25) is 0 Å². The largest absolute Gasteiger partial charge is 1.00 e. The fourth-order valence-corrected chi connectivity index (χ4v) is 2.27. The molecule has 7 heteroatoms. The van der Waals surface area contributed by atoms with E-state index in [0.717, 1.165) is 19.3 Å². The van der Waals surface area contributed by atoms with Gasteiger partial charge >= 0.3 is 29.6 Å². The third kappa shape index (κ3) is 11.3. The van der Waals surface area contributed by atoms with Crippen LogP contribution < -0.4 is 41.0 Å². The summed E-state index contributed by atoms with van der Waals surface area (Å²) < 4.78 is 27.2. The first-order valence-electron chi connectivity index (χ1n) is 5.38. The number of rotatable bonds is 9. The van der Waals surface area contributed by atoms with E-state index in [1.165, 1.54) is 0 Å². The third-order valence-electron chi connectivity index (χ3n) is 1.92. The van der Waals surface area contributed by atoms with Crippen molar-refractivity contribution in [3.63, 3.8) is 0 Å². The Balaban J connectivity index is -0.000000980. The molecule has 1 unspecified atom stereocenters. The summed E-state index contributed by atoms with van der Waals surface area (Å²) in [4.78, 5) is 0. The Morgan fingerprint density at radius 2 is 1.94 bits per heavy atom. The average Bonchev–Trinajstić information content (AvgIpc) is 2.11. The monoisotopic (exact) mass is 262 g/mol. The van der Waals surface area contributed by atoms with Gasteiger partial charge in [0, 0.05) is 0 Å². The zero-order valence-electron chi connectivity index (χ0n) is 11.3. The van der Waals surface area contributed by atoms with Crippen molar-refractivity contribution in [1.82, 2.24) is 0 Å². The Morgan fingerprint density at radius 1 is 1.31 bits per heavy atom. The molecule has 0 amide bonds. The van der Waals surface area contributed by atoms with Crippen LogP contribution in [0.2, 0.25) is 0 Å². The van der Waals surface area contributed by atoms with Crippen molar-refractivity contribution >= 4 is 10.1 Å². The second-order valence-electron chi connectivity index (χ2n) is 3.53. The molecule has 0 spiro atoms. The van der Waals surface area contributed by atoms with E-state index in [1.807, 2.05) is 0 Å². The molecule has 0 aliphatic rings. The van der Waals surface area contributed by atoms with Gasteiger partial charge in [0.15, 0.2) is 0 Å². The van der Waals surface area contributed by atoms with Gasteiger partial charge in [-0.05, 0) is 32.2 Å². The summed E-state index contributed by atoms with van der Waals surface area (Å²) in [7, 11) is -3.42. The van der Waals surface area contributed by atoms with Crippen LogP contribution >= 0.6 is 0 Å². The Labute approximate surface area is 122 Å². The minimum Gasteiger partial charge on any atom is -1.00 e. The van der Waals surface area contributed by atoms with Crippen molar-refractivity contribution in [2.45, 2.75) is 45.3 Å². The number of hydrogen-bond acceptors (Lipinski definition) is 5. The van der Waals surface area contributed by atoms with Gasteiger partial charge in [-0.3, -0.25) is 4.18 Å². The second kappa shape index (κ2) is 11.0. The van der Waals surface area contributed by atoms with Crippen LogP contribution in [0.3, 0.4) is 0 Å². The first-order chi connectivity index (χ1) is 7.02. The normalized spacial score (nSPS) is 13.2. The summed E-state index contributed by atoms with van der Waals surface area (Å²) in [5.41, 5.74) is 10.9. The van der Waals surface area contributed by atoms with Crippen LogP contribution in [0.1, 0.15) is 40.5 Å². The summed E-state index contributed by atoms with van der Waals surface area (Å²) in [5, 5.41) is 0. The minimum atomic E-state index is -3.42. The van der Waals surface area contributed by atoms with Crippen molar-refractivity contribution in [2.24, 2.45) is 11.5 Å². The van der Waals surface area contributed by atoms with Crippen molar-refractivity contribution in [3.05, 3.63) is 0 Å². The first-order valence-corrected chi connectivity index (χ1v) is 6.96. The maximum absolute atomic E-state index is 11.2. The Morgan fingerprint density at radius 3 is 2.44 bits per heavy atom. The van der Waals surface area contributed by atoms with Gasteiger partial charge < -0.3 is 12.9 Å². The second-order valence-corrected chi connectivity index (χ2v) is 5.25.